The normalized spacial score (nSPS) is 34.3. The molecule has 0 aromatic heterocycles. The van der Waals surface area contributed by atoms with E-state index in [1.807, 2.05) is 6.07 Å². The fraction of sp³-hybridized carbons (Fsp3) is 0.457. The number of likely N-dealkylation sites (tertiary alicyclic amines) is 1. The van der Waals surface area contributed by atoms with Crippen molar-refractivity contribution in [2.75, 3.05) is 20.1 Å². The number of benzene rings is 2. The van der Waals surface area contributed by atoms with Crippen molar-refractivity contribution in [2.24, 2.45) is 11.3 Å². The minimum absolute atomic E-state index is 0.231. The van der Waals surface area contributed by atoms with E-state index in [1.54, 1.807) is 6.08 Å². The second-order valence-electron chi connectivity index (χ2n) is 13.7. The van der Waals surface area contributed by atoms with Gasteiger partial charge in [-0.15, -0.1) is 13.2 Å². The highest BCUT2D eigenvalue weighted by Gasteiger charge is 2.70. The number of halogens is 3. The van der Waals surface area contributed by atoms with Crippen LogP contribution < -0.4 is 5.32 Å². The Morgan fingerprint density at radius 3 is 2.53 bits per heavy atom. The summed E-state index contributed by atoms with van der Waals surface area (Å²) < 4.78 is 52.3. The number of alkyl halides is 3. The van der Waals surface area contributed by atoms with Gasteiger partial charge < -0.3 is 24.4 Å². The van der Waals surface area contributed by atoms with Crippen molar-refractivity contribution in [1.29, 1.82) is 0 Å². The monoisotopic (exact) mass is 652 g/mol. The summed E-state index contributed by atoms with van der Waals surface area (Å²) in [5, 5.41) is 26.3. The first-order valence-electron chi connectivity index (χ1n) is 16.1. The van der Waals surface area contributed by atoms with Gasteiger partial charge in [-0.25, -0.2) is 0 Å². The minimum atomic E-state index is -5.42. The molecule has 3 fully saturated rings. The number of carbonyl (C=O) groups excluding carboxylic acids is 1. The lowest BCUT2D eigenvalue weighted by atomic mass is 9.50. The van der Waals surface area contributed by atoms with Crippen molar-refractivity contribution < 1.29 is 42.0 Å². The predicted octanol–water partition coefficient (Wildman–Crippen LogP) is 5.26. The number of carbonyl (C=O) groups is 1. The molecule has 7 atom stereocenters. The summed E-state index contributed by atoms with van der Waals surface area (Å²) in [6, 6.07) is 17.5. The first-order valence-corrected chi connectivity index (χ1v) is 16.1. The van der Waals surface area contributed by atoms with E-state index in [0.717, 1.165) is 67.2 Å². The summed E-state index contributed by atoms with van der Waals surface area (Å²) in [4.78, 5) is 24.5. The maximum Gasteiger partial charge on any atom is 0.573 e. The number of ether oxygens (including phenoxy) is 2. The van der Waals surface area contributed by atoms with Gasteiger partial charge in [-0.2, -0.15) is 0 Å². The average molecular weight is 653 g/mol. The van der Waals surface area contributed by atoms with E-state index >= 15 is 0 Å². The van der Waals surface area contributed by atoms with Crippen LogP contribution in [0, 0.1) is 21.4 Å². The van der Waals surface area contributed by atoms with Gasteiger partial charge in [0.25, 0.3) is 11.7 Å². The molecule has 248 valence electrons. The number of hydrogen-bond donors (Lipinski definition) is 2. The molecule has 2 aliphatic heterocycles. The first-order chi connectivity index (χ1) is 22.3. The van der Waals surface area contributed by atoms with Gasteiger partial charge in [0.2, 0.25) is 0 Å². The molecular formula is C35H37F3N3O6+. The highest BCUT2D eigenvalue weighted by Crippen LogP contribution is 2.66. The van der Waals surface area contributed by atoms with Gasteiger partial charge in [0.05, 0.1) is 42.8 Å². The van der Waals surface area contributed by atoms with E-state index in [9.17, 15) is 33.2 Å². The molecule has 9 nitrogen and oxygen atoms in total. The Labute approximate surface area is 270 Å². The number of nitrogens with zero attached hydrogens (tertiary/aromatic N) is 2. The van der Waals surface area contributed by atoms with Crippen LogP contribution in [-0.4, -0.2) is 70.9 Å². The molecule has 2 bridgehead atoms. The van der Waals surface area contributed by atoms with Crippen LogP contribution in [0.15, 0.2) is 89.7 Å². The predicted molar refractivity (Wildman–Crippen MR) is 164 cm³/mol. The maximum atomic E-state index is 13.6. The van der Waals surface area contributed by atoms with E-state index in [0.29, 0.717) is 6.04 Å². The van der Waals surface area contributed by atoms with E-state index in [2.05, 4.69) is 41.4 Å². The highest BCUT2D eigenvalue weighted by atomic mass is 19.4. The number of amides is 1. The zero-order valence-electron chi connectivity index (χ0n) is 25.9. The molecule has 1 saturated carbocycles. The summed E-state index contributed by atoms with van der Waals surface area (Å²) in [7, 11) is 2.33. The molecule has 47 heavy (non-hydrogen) atoms. The van der Waals surface area contributed by atoms with Crippen LogP contribution in [0.1, 0.15) is 43.2 Å². The number of hydrogen-bond acceptors (Lipinski definition) is 6. The molecular weight excluding hydrogens is 615 g/mol. The molecule has 5 aliphatic rings. The molecule has 3 unspecified atom stereocenters. The van der Waals surface area contributed by atoms with Crippen LogP contribution in [0.3, 0.4) is 0 Å². The van der Waals surface area contributed by atoms with Crippen LogP contribution in [0.4, 0.5) is 13.2 Å². The number of quaternary nitrogens is 1. The molecule has 1 spiro atoms. The summed E-state index contributed by atoms with van der Waals surface area (Å²) in [5.74, 6) is -2.88. The summed E-state index contributed by atoms with van der Waals surface area (Å²) in [6.45, 7) is 1.89. The SMILES string of the molecule is C[N+]1(CCc2ccccc2)CC[C@]23C4=C5C=CC(O)(NC(=O)C(OC(F)(F)F)=C(c6ccccc6)[N+](=O)[O-])C4O[C@H]2CCC[C@H]3[C@H]1C5. The molecule has 7 rings (SSSR count). The van der Waals surface area contributed by atoms with Crippen LogP contribution in [0.25, 0.3) is 5.70 Å². The van der Waals surface area contributed by atoms with E-state index < -0.39 is 40.5 Å². The van der Waals surface area contributed by atoms with Gasteiger partial charge >= 0.3 is 12.1 Å². The Kier molecular flexibility index (Phi) is 7.60. The molecule has 2 aromatic carbocycles. The molecule has 2 saturated heterocycles. The lowest BCUT2D eigenvalue weighted by Crippen LogP contribution is -2.69. The topological polar surface area (TPSA) is 111 Å². The van der Waals surface area contributed by atoms with Gasteiger partial charge in [-0.3, -0.25) is 14.9 Å². The number of aliphatic hydroxyl groups is 1. The molecule has 2 aromatic rings. The van der Waals surface area contributed by atoms with Gasteiger partial charge in [-0.1, -0.05) is 61.0 Å². The van der Waals surface area contributed by atoms with E-state index in [1.165, 1.54) is 42.0 Å². The summed E-state index contributed by atoms with van der Waals surface area (Å²) >= 11 is 0. The lowest BCUT2D eigenvalue weighted by Gasteiger charge is -2.61. The van der Waals surface area contributed by atoms with Crippen LogP contribution in [-0.2, 0) is 20.7 Å². The smallest absolute Gasteiger partial charge is 0.392 e. The Morgan fingerprint density at radius 2 is 1.85 bits per heavy atom. The number of nitrogens with one attached hydrogen (secondary N) is 1. The largest absolute Gasteiger partial charge is 0.573 e. The molecule has 3 aliphatic carbocycles. The average Bonchev–Trinajstić information content (AvgIpc) is 3.39. The van der Waals surface area contributed by atoms with Crippen molar-refractivity contribution in [3.8, 4) is 0 Å². The van der Waals surface area contributed by atoms with Gasteiger partial charge in [0.1, 0.15) is 6.10 Å². The van der Waals surface area contributed by atoms with Crippen LogP contribution in [0.2, 0.25) is 0 Å². The molecule has 2 heterocycles. The molecule has 12 heteroatoms. The third-order valence-electron chi connectivity index (χ3n) is 11.2. The number of nitro groups is 1. The Balaban J connectivity index is 1.22. The van der Waals surface area contributed by atoms with Crippen molar-refractivity contribution in [1.82, 2.24) is 5.32 Å². The Bertz CT molecular complexity index is 1680. The van der Waals surface area contributed by atoms with Crippen molar-refractivity contribution in [3.05, 3.63) is 111 Å². The van der Waals surface area contributed by atoms with Crippen molar-refractivity contribution in [3.63, 3.8) is 0 Å². The van der Waals surface area contributed by atoms with E-state index in [-0.39, 0.29) is 23.0 Å². The molecule has 0 radical (unpaired) electrons. The summed E-state index contributed by atoms with van der Waals surface area (Å²) in [6.07, 6.45) is 1.61. The number of likely N-dealkylation sites (N-methyl/N-ethyl adjacent to an activating group) is 1. The van der Waals surface area contributed by atoms with Gasteiger partial charge in [-0.05, 0) is 47.8 Å². The second-order valence-corrected chi connectivity index (χ2v) is 13.7. The molecule has 1 amide bonds. The van der Waals surface area contributed by atoms with Crippen molar-refractivity contribution in [2.45, 2.75) is 68.9 Å². The first kappa shape index (κ1) is 31.6. The van der Waals surface area contributed by atoms with Crippen LogP contribution >= 0.6 is 0 Å². The lowest BCUT2D eigenvalue weighted by molar-refractivity contribution is -0.945. The zero-order chi connectivity index (χ0) is 33.2. The third-order valence-corrected chi connectivity index (χ3v) is 11.2. The fourth-order valence-electron chi connectivity index (χ4n) is 9.22. The third kappa shape index (κ3) is 5.26. The number of rotatable bonds is 8. The maximum absolute atomic E-state index is 13.6. The van der Waals surface area contributed by atoms with E-state index in [4.69, 9.17) is 4.74 Å². The molecule has 2 N–H and O–H groups in total. The fourth-order valence-corrected chi connectivity index (χ4v) is 9.22. The van der Waals surface area contributed by atoms with Gasteiger partial charge in [0.15, 0.2) is 5.72 Å². The van der Waals surface area contributed by atoms with Crippen LogP contribution in [0.5, 0.6) is 0 Å². The summed E-state index contributed by atoms with van der Waals surface area (Å²) in [5.41, 5.74) is -0.843. The number of piperidine rings is 1. The standard InChI is InChI=1S/C35H36F3N3O6/c1-41(19-16-22-9-4-2-5-10-22)20-18-33-25-13-8-14-27(33)46-31-28(33)24(21-26(25)41)15-17-34(31,43)39-32(42)30(47-35(36,37)38)29(40(44)45)23-11-6-3-7-12-23/h2-7,9-12,15,17,25-27,31,43H,8,13-14,16,18-21H2,1H3/p+1/t25-,26+,27-,31?,33+,34?,41?/m0/s1. The highest BCUT2D eigenvalue weighted by molar-refractivity contribution is 5.98. The van der Waals surface area contributed by atoms with Gasteiger partial charge in [0, 0.05) is 30.6 Å². The van der Waals surface area contributed by atoms with Crippen molar-refractivity contribution >= 4 is 11.6 Å². The zero-order valence-corrected chi connectivity index (χ0v) is 25.9. The second kappa shape index (κ2) is 11.3. The number of allylic oxidation sites excluding steroid dienone is 1. The Hall–Kier alpha value is -4.00. The quantitative estimate of drug-likeness (QED) is 0.101. The minimum Gasteiger partial charge on any atom is -0.392 e. The Morgan fingerprint density at radius 1 is 1.15 bits per heavy atom.